The summed E-state index contributed by atoms with van der Waals surface area (Å²) in [7, 11) is 1.38. The average Bonchev–Trinajstić information content (AvgIpc) is 3.31. The molecule has 8 heteroatoms. The summed E-state index contributed by atoms with van der Waals surface area (Å²) >= 11 is 0. The minimum atomic E-state index is -0.529. The van der Waals surface area contributed by atoms with E-state index in [0.717, 1.165) is 0 Å². The summed E-state index contributed by atoms with van der Waals surface area (Å²) in [5, 5.41) is 3.89. The highest BCUT2D eigenvalue weighted by Gasteiger charge is 2.34. The summed E-state index contributed by atoms with van der Waals surface area (Å²) in [6.07, 6.45) is 0.201. The number of methoxy groups -OCH3 is 1. The lowest BCUT2D eigenvalue weighted by atomic mass is 10.1. The number of likely N-dealkylation sites (tertiary alicyclic amines) is 1. The van der Waals surface area contributed by atoms with Crippen LogP contribution < -0.4 is 4.74 Å². The van der Waals surface area contributed by atoms with Gasteiger partial charge in [-0.05, 0) is 24.3 Å². The molecule has 6 nitrogen and oxygen atoms in total. The van der Waals surface area contributed by atoms with Crippen molar-refractivity contribution >= 4 is 5.91 Å². The van der Waals surface area contributed by atoms with Gasteiger partial charge in [0.05, 0.1) is 13.0 Å². The maximum atomic E-state index is 13.9. The highest BCUT2D eigenvalue weighted by Crippen LogP contribution is 2.30. The molecule has 144 valence electrons. The van der Waals surface area contributed by atoms with Crippen LogP contribution in [0.3, 0.4) is 0 Å². The van der Waals surface area contributed by atoms with Crippen LogP contribution in [0.1, 0.15) is 23.8 Å². The van der Waals surface area contributed by atoms with Gasteiger partial charge in [-0.2, -0.15) is 4.98 Å². The molecule has 2 aromatic carbocycles. The molecule has 3 aromatic rings. The van der Waals surface area contributed by atoms with Gasteiger partial charge in [-0.15, -0.1) is 0 Å². The topological polar surface area (TPSA) is 68.5 Å². The van der Waals surface area contributed by atoms with E-state index in [1.807, 2.05) is 0 Å². The van der Waals surface area contributed by atoms with Gasteiger partial charge in [0.1, 0.15) is 5.82 Å². The zero-order valence-electron chi connectivity index (χ0n) is 15.1. The highest BCUT2D eigenvalue weighted by molar-refractivity contribution is 5.79. The fraction of sp³-hybridized carbons (Fsp3) is 0.250. The quantitative estimate of drug-likeness (QED) is 0.672. The Balaban J connectivity index is 1.49. The minimum Gasteiger partial charge on any atom is -0.494 e. The highest BCUT2D eigenvalue weighted by atomic mass is 19.1. The molecule has 1 aromatic heterocycles. The molecule has 0 N–H and O–H groups in total. The van der Waals surface area contributed by atoms with Gasteiger partial charge in [0.15, 0.2) is 11.6 Å². The first-order valence-corrected chi connectivity index (χ1v) is 8.74. The molecule has 1 fully saturated rings. The zero-order chi connectivity index (χ0) is 19.7. The van der Waals surface area contributed by atoms with Gasteiger partial charge in [-0.3, -0.25) is 4.79 Å². The summed E-state index contributed by atoms with van der Waals surface area (Å²) in [5.74, 6) is -0.615. The van der Waals surface area contributed by atoms with E-state index in [9.17, 15) is 13.6 Å². The zero-order valence-corrected chi connectivity index (χ0v) is 15.1. The lowest BCUT2D eigenvalue weighted by Gasteiger charge is -2.16. The van der Waals surface area contributed by atoms with E-state index in [4.69, 9.17) is 9.26 Å². The van der Waals surface area contributed by atoms with Crippen molar-refractivity contribution in [2.45, 2.75) is 18.9 Å². The van der Waals surface area contributed by atoms with Crippen molar-refractivity contribution in [3.8, 4) is 17.1 Å². The molecule has 1 aliphatic rings. The molecular weight excluding hydrogens is 368 g/mol. The predicted octanol–water partition coefficient (Wildman–Crippen LogP) is 3.54. The van der Waals surface area contributed by atoms with Crippen molar-refractivity contribution in [3.63, 3.8) is 0 Å². The van der Waals surface area contributed by atoms with Crippen LogP contribution in [0.15, 0.2) is 47.0 Å². The lowest BCUT2D eigenvalue weighted by Crippen LogP contribution is -2.24. The Hall–Kier alpha value is -3.29. The third-order valence-corrected chi connectivity index (χ3v) is 4.73. The Labute approximate surface area is 159 Å². The van der Waals surface area contributed by atoms with Crippen molar-refractivity contribution in [1.82, 2.24) is 15.0 Å². The fourth-order valence-corrected chi connectivity index (χ4v) is 3.25. The maximum absolute atomic E-state index is 13.9. The first-order chi connectivity index (χ1) is 13.5. The minimum absolute atomic E-state index is 0.108. The SMILES string of the molecule is COc1ccc(-c2noc(C3CC(=O)N(Cc4ccccc4F)C3)n2)cc1F. The van der Waals surface area contributed by atoms with Crippen molar-refractivity contribution in [3.05, 3.63) is 65.6 Å². The van der Waals surface area contributed by atoms with Gasteiger partial charge >= 0.3 is 0 Å². The van der Waals surface area contributed by atoms with E-state index in [2.05, 4.69) is 10.1 Å². The predicted molar refractivity (Wildman–Crippen MR) is 95.4 cm³/mol. The van der Waals surface area contributed by atoms with Gasteiger partial charge in [0.25, 0.3) is 0 Å². The Kier molecular flexibility index (Phi) is 4.77. The van der Waals surface area contributed by atoms with Crippen molar-refractivity contribution in [1.29, 1.82) is 0 Å². The number of hydrogen-bond donors (Lipinski definition) is 0. The number of carbonyl (C=O) groups excluding carboxylic acids is 1. The number of amides is 1. The van der Waals surface area contributed by atoms with E-state index >= 15 is 0 Å². The number of halogens is 2. The number of aromatic nitrogens is 2. The molecule has 0 spiro atoms. The number of ether oxygens (including phenoxy) is 1. The van der Waals surface area contributed by atoms with Crippen molar-refractivity contribution in [2.75, 3.05) is 13.7 Å². The normalized spacial score (nSPS) is 16.6. The van der Waals surface area contributed by atoms with Gasteiger partial charge in [0.2, 0.25) is 17.6 Å². The molecule has 0 bridgehead atoms. The molecule has 2 heterocycles. The molecule has 0 saturated carbocycles. The Bertz CT molecular complexity index is 1020. The lowest BCUT2D eigenvalue weighted by molar-refractivity contribution is -0.128. The molecule has 1 unspecified atom stereocenters. The monoisotopic (exact) mass is 385 g/mol. The second kappa shape index (κ2) is 7.38. The molecule has 4 rings (SSSR count). The van der Waals surface area contributed by atoms with Crippen LogP contribution in [0.25, 0.3) is 11.4 Å². The van der Waals surface area contributed by atoms with E-state index in [0.29, 0.717) is 23.6 Å². The van der Waals surface area contributed by atoms with Gasteiger partial charge in [-0.25, -0.2) is 8.78 Å². The number of nitrogens with zero attached hydrogens (tertiary/aromatic N) is 3. The van der Waals surface area contributed by atoms with E-state index < -0.39 is 5.82 Å². The van der Waals surface area contributed by atoms with Gasteiger partial charge in [-0.1, -0.05) is 23.4 Å². The molecule has 0 radical (unpaired) electrons. The van der Waals surface area contributed by atoms with Gasteiger partial charge in [0, 0.05) is 30.6 Å². The van der Waals surface area contributed by atoms with Crippen molar-refractivity contribution < 1.29 is 22.8 Å². The summed E-state index contributed by atoms with van der Waals surface area (Å²) in [6, 6.07) is 10.7. The summed E-state index contributed by atoms with van der Waals surface area (Å²) < 4.78 is 37.9. The van der Waals surface area contributed by atoms with E-state index in [1.165, 1.54) is 25.3 Å². The smallest absolute Gasteiger partial charge is 0.232 e. The largest absolute Gasteiger partial charge is 0.494 e. The van der Waals surface area contributed by atoms with Gasteiger partial charge < -0.3 is 14.2 Å². The van der Waals surface area contributed by atoms with Crippen LogP contribution in [-0.2, 0) is 11.3 Å². The summed E-state index contributed by atoms with van der Waals surface area (Å²) in [4.78, 5) is 18.2. The third kappa shape index (κ3) is 3.45. The number of rotatable bonds is 5. The third-order valence-electron chi connectivity index (χ3n) is 4.73. The summed E-state index contributed by atoms with van der Waals surface area (Å²) in [6.45, 7) is 0.540. The van der Waals surface area contributed by atoms with Crippen LogP contribution in [0.5, 0.6) is 5.75 Å². The van der Waals surface area contributed by atoms with Crippen LogP contribution in [0, 0.1) is 11.6 Å². The average molecular weight is 385 g/mol. The Morgan fingerprint density at radius 1 is 1.21 bits per heavy atom. The van der Waals surface area contributed by atoms with E-state index in [-0.39, 0.29) is 42.2 Å². The van der Waals surface area contributed by atoms with Crippen LogP contribution in [0.2, 0.25) is 0 Å². The second-order valence-corrected chi connectivity index (χ2v) is 6.57. The van der Waals surface area contributed by atoms with E-state index in [1.54, 1.807) is 29.2 Å². The molecule has 1 atom stereocenters. The molecule has 28 heavy (non-hydrogen) atoms. The number of hydrogen-bond acceptors (Lipinski definition) is 5. The van der Waals surface area contributed by atoms with Crippen LogP contribution in [-0.4, -0.2) is 34.6 Å². The van der Waals surface area contributed by atoms with Crippen molar-refractivity contribution in [2.24, 2.45) is 0 Å². The molecule has 0 aliphatic carbocycles. The first kappa shape index (κ1) is 18.1. The summed E-state index contributed by atoms with van der Waals surface area (Å²) in [5.41, 5.74) is 0.900. The fourth-order valence-electron chi connectivity index (χ4n) is 3.25. The number of benzene rings is 2. The molecule has 1 amide bonds. The Morgan fingerprint density at radius 2 is 2.04 bits per heavy atom. The second-order valence-electron chi connectivity index (χ2n) is 6.57. The maximum Gasteiger partial charge on any atom is 0.232 e. The Morgan fingerprint density at radius 3 is 2.79 bits per heavy atom. The van der Waals surface area contributed by atoms with Crippen LogP contribution >= 0.6 is 0 Å². The molecular formula is C20H17F2N3O3. The van der Waals surface area contributed by atoms with Crippen LogP contribution in [0.4, 0.5) is 8.78 Å². The first-order valence-electron chi connectivity index (χ1n) is 8.74. The standard InChI is InChI=1S/C20H17F2N3O3/c1-27-17-7-6-12(8-16(17)22)19-23-20(28-24-19)14-9-18(26)25(11-14)10-13-4-2-3-5-15(13)21/h2-8,14H,9-11H2,1H3. The molecule has 1 saturated heterocycles. The number of carbonyl (C=O) groups is 1. The molecule has 1 aliphatic heterocycles.